The van der Waals surface area contributed by atoms with Crippen molar-refractivity contribution in [3.05, 3.63) is 12.0 Å². The quantitative estimate of drug-likeness (QED) is 0.688. The summed E-state index contributed by atoms with van der Waals surface area (Å²) in [4.78, 5) is 8.71. The van der Waals surface area contributed by atoms with Crippen LogP contribution in [0, 0.1) is 0 Å². The molecule has 7 nitrogen and oxygen atoms in total. The van der Waals surface area contributed by atoms with Gasteiger partial charge in [0.05, 0.1) is 7.11 Å². The number of hydrogen-bond donors (Lipinski definition) is 0. The number of hydrogen-bond acceptors (Lipinski definition) is 6. The third kappa shape index (κ3) is 1.96. The number of rotatable bonds is 2. The van der Waals surface area contributed by atoms with Gasteiger partial charge in [-0.2, -0.15) is 4.98 Å². The molecule has 0 radical (unpaired) electrons. The maximum atomic E-state index is 11.0. The highest BCUT2D eigenvalue weighted by molar-refractivity contribution is 8.13. The second kappa shape index (κ2) is 3.47. The minimum atomic E-state index is -3.89. The largest absolute Gasteiger partial charge is 0.298 e. The minimum Gasteiger partial charge on any atom is -0.277 e. The molecule has 0 fully saturated rings. The zero-order valence-corrected chi connectivity index (χ0v) is 9.23. The molecule has 1 aromatic rings. The molecule has 2 rings (SSSR count). The van der Waals surface area contributed by atoms with E-state index in [1.54, 1.807) is 6.20 Å². The first-order valence-electron chi connectivity index (χ1n) is 3.90. The molecule has 1 aliphatic heterocycles. The smallest absolute Gasteiger partial charge is 0.277 e. The average molecular weight is 251 g/mol. The minimum absolute atomic E-state index is 0.312. The van der Waals surface area contributed by atoms with E-state index in [1.807, 2.05) is 0 Å². The molecule has 2 heterocycles. The Balaban J connectivity index is 2.40. The highest BCUT2D eigenvalue weighted by Gasteiger charge is 2.22. The molecule has 0 N–H and O–H groups in total. The SMILES string of the molecule is CON1C=Cn2nc(S(=O)(=O)Cl)nc2C1. The Morgan fingerprint density at radius 3 is 2.87 bits per heavy atom. The summed E-state index contributed by atoms with van der Waals surface area (Å²) in [5, 5.41) is 4.79. The van der Waals surface area contributed by atoms with Crippen LogP contribution in [0.3, 0.4) is 0 Å². The summed E-state index contributed by atoms with van der Waals surface area (Å²) >= 11 is 0. The van der Waals surface area contributed by atoms with Crippen LogP contribution in [0.15, 0.2) is 11.4 Å². The van der Waals surface area contributed by atoms with Crippen LogP contribution in [0.1, 0.15) is 5.82 Å². The maximum Gasteiger partial charge on any atom is 0.298 e. The molecule has 0 amide bonds. The van der Waals surface area contributed by atoms with Crippen LogP contribution in [0.5, 0.6) is 0 Å². The Morgan fingerprint density at radius 1 is 1.53 bits per heavy atom. The van der Waals surface area contributed by atoms with Crippen molar-refractivity contribution in [2.24, 2.45) is 0 Å². The highest BCUT2D eigenvalue weighted by Crippen LogP contribution is 2.15. The van der Waals surface area contributed by atoms with Crippen LogP contribution in [0.25, 0.3) is 6.20 Å². The molecule has 0 aromatic carbocycles. The summed E-state index contributed by atoms with van der Waals surface area (Å²) in [6.45, 7) is 0.312. The fraction of sp³-hybridized carbons (Fsp3) is 0.333. The van der Waals surface area contributed by atoms with Crippen LogP contribution < -0.4 is 0 Å². The lowest BCUT2D eigenvalue weighted by Crippen LogP contribution is -2.21. The Bertz CT molecular complexity index is 508. The molecular formula is C6H7ClN4O3S. The van der Waals surface area contributed by atoms with Gasteiger partial charge in [-0.25, -0.2) is 13.1 Å². The van der Waals surface area contributed by atoms with E-state index in [2.05, 4.69) is 10.1 Å². The van der Waals surface area contributed by atoms with Crippen molar-refractivity contribution in [1.29, 1.82) is 0 Å². The number of hydroxylamine groups is 2. The molecule has 82 valence electrons. The number of aromatic nitrogens is 3. The third-order valence-corrected chi connectivity index (χ3v) is 2.83. The van der Waals surface area contributed by atoms with Gasteiger partial charge in [-0.05, 0) is 0 Å². The Hall–Kier alpha value is -1.12. The standard InChI is InChI=1S/C6H7ClN4O3S/c1-14-10-2-3-11-5(4-10)8-6(9-11)15(7,12)13/h2-3H,4H2,1H3. The molecule has 1 aromatic heterocycles. The van der Waals surface area contributed by atoms with Crippen molar-refractivity contribution in [2.45, 2.75) is 11.7 Å². The van der Waals surface area contributed by atoms with Gasteiger partial charge < -0.3 is 0 Å². The van der Waals surface area contributed by atoms with Crippen molar-refractivity contribution >= 4 is 25.9 Å². The molecule has 0 saturated carbocycles. The van der Waals surface area contributed by atoms with E-state index in [0.29, 0.717) is 12.4 Å². The predicted octanol–water partition coefficient (Wildman–Crippen LogP) is 0.0108. The van der Waals surface area contributed by atoms with E-state index < -0.39 is 14.2 Å². The molecular weight excluding hydrogens is 244 g/mol. The van der Waals surface area contributed by atoms with Gasteiger partial charge in [0.15, 0.2) is 5.82 Å². The molecule has 0 atom stereocenters. The van der Waals surface area contributed by atoms with Gasteiger partial charge in [0, 0.05) is 23.1 Å². The topological polar surface area (TPSA) is 77.3 Å². The van der Waals surface area contributed by atoms with Crippen molar-refractivity contribution in [2.75, 3.05) is 7.11 Å². The Kier molecular flexibility index (Phi) is 2.41. The second-order valence-electron chi connectivity index (χ2n) is 2.75. The second-order valence-corrected chi connectivity index (χ2v) is 5.21. The van der Waals surface area contributed by atoms with Crippen LogP contribution in [-0.2, 0) is 20.4 Å². The molecule has 0 unspecified atom stereocenters. The molecule has 0 saturated heterocycles. The zero-order chi connectivity index (χ0) is 11.1. The predicted molar refractivity (Wildman–Crippen MR) is 50.9 cm³/mol. The lowest BCUT2D eigenvalue weighted by atomic mass is 10.5. The van der Waals surface area contributed by atoms with Crippen molar-refractivity contribution in [3.63, 3.8) is 0 Å². The molecule has 0 bridgehead atoms. The van der Waals surface area contributed by atoms with Gasteiger partial charge in [-0.1, -0.05) is 0 Å². The van der Waals surface area contributed by atoms with E-state index in [1.165, 1.54) is 23.1 Å². The monoisotopic (exact) mass is 250 g/mol. The lowest BCUT2D eigenvalue weighted by molar-refractivity contribution is -0.0984. The maximum absolute atomic E-state index is 11.0. The van der Waals surface area contributed by atoms with Gasteiger partial charge in [-0.15, -0.1) is 5.10 Å². The number of nitrogens with zero attached hydrogens (tertiary/aromatic N) is 4. The summed E-state index contributed by atoms with van der Waals surface area (Å²) in [5.41, 5.74) is 0. The fourth-order valence-corrected chi connectivity index (χ4v) is 1.72. The van der Waals surface area contributed by atoms with Gasteiger partial charge in [0.2, 0.25) is 0 Å². The molecule has 9 heteroatoms. The normalized spacial score (nSPS) is 15.5. The first kappa shape index (κ1) is 10.4. The lowest BCUT2D eigenvalue weighted by Gasteiger charge is -2.19. The third-order valence-electron chi connectivity index (χ3n) is 1.81. The summed E-state index contributed by atoms with van der Waals surface area (Å²) in [6.07, 6.45) is 3.13. The van der Waals surface area contributed by atoms with E-state index >= 15 is 0 Å². The fourth-order valence-electron chi connectivity index (χ4n) is 1.12. The van der Waals surface area contributed by atoms with Crippen LogP contribution in [0.4, 0.5) is 0 Å². The highest BCUT2D eigenvalue weighted by atomic mass is 35.7. The van der Waals surface area contributed by atoms with Gasteiger partial charge in [-0.3, -0.25) is 9.90 Å². The van der Waals surface area contributed by atoms with Gasteiger partial charge in [0.25, 0.3) is 14.2 Å². The van der Waals surface area contributed by atoms with E-state index in [0.717, 1.165) is 0 Å². The molecule has 15 heavy (non-hydrogen) atoms. The van der Waals surface area contributed by atoms with Crippen molar-refractivity contribution in [3.8, 4) is 0 Å². The van der Waals surface area contributed by atoms with E-state index in [-0.39, 0.29) is 0 Å². The summed E-state index contributed by atoms with van der Waals surface area (Å²) in [6, 6.07) is 0. The Labute approximate surface area is 90.3 Å². The first-order valence-corrected chi connectivity index (χ1v) is 6.21. The van der Waals surface area contributed by atoms with E-state index in [4.69, 9.17) is 15.5 Å². The summed E-state index contributed by atoms with van der Waals surface area (Å²) in [7, 11) is 2.72. The van der Waals surface area contributed by atoms with Crippen molar-refractivity contribution in [1.82, 2.24) is 19.8 Å². The van der Waals surface area contributed by atoms with Crippen molar-refractivity contribution < 1.29 is 13.3 Å². The first-order chi connectivity index (χ1) is 7.00. The zero-order valence-electron chi connectivity index (χ0n) is 7.66. The summed E-state index contributed by atoms with van der Waals surface area (Å²) < 4.78 is 23.3. The van der Waals surface area contributed by atoms with E-state index in [9.17, 15) is 8.42 Å². The molecule has 0 aliphatic carbocycles. The molecule has 0 spiro atoms. The molecule has 1 aliphatic rings. The van der Waals surface area contributed by atoms with Crippen LogP contribution in [-0.4, -0.2) is 35.4 Å². The number of fused-ring (bicyclic) bond motifs is 1. The number of halogens is 1. The van der Waals surface area contributed by atoms with Gasteiger partial charge >= 0.3 is 0 Å². The van der Waals surface area contributed by atoms with Crippen LogP contribution >= 0.6 is 10.7 Å². The summed E-state index contributed by atoms with van der Waals surface area (Å²) in [5.74, 6) is 0.443. The van der Waals surface area contributed by atoms with Gasteiger partial charge in [0.1, 0.15) is 6.54 Å². The average Bonchev–Trinajstić information content (AvgIpc) is 2.59. The van der Waals surface area contributed by atoms with Crippen LogP contribution in [0.2, 0.25) is 0 Å². The Morgan fingerprint density at radius 2 is 2.27 bits per heavy atom.